The second kappa shape index (κ2) is 9.57. The summed E-state index contributed by atoms with van der Waals surface area (Å²) in [6.45, 7) is 2.16. The van der Waals surface area contributed by atoms with Gasteiger partial charge in [0.05, 0.1) is 16.8 Å². The largest absolute Gasteiger partial charge is 0.503 e. The van der Waals surface area contributed by atoms with Gasteiger partial charge in [0.15, 0.2) is 17.3 Å². The van der Waals surface area contributed by atoms with Crippen LogP contribution in [0.3, 0.4) is 0 Å². The second-order valence-electron chi connectivity index (χ2n) is 5.31. The van der Waals surface area contributed by atoms with E-state index in [0.29, 0.717) is 16.6 Å². The fraction of sp³-hybridized carbons (Fsp3) is 0.158. The Morgan fingerprint density at radius 3 is 2.67 bits per heavy atom. The van der Waals surface area contributed by atoms with Crippen LogP contribution in [0.4, 0.5) is 4.39 Å². The number of ketones is 1. The van der Waals surface area contributed by atoms with Gasteiger partial charge < -0.3 is 14.9 Å². The van der Waals surface area contributed by atoms with Gasteiger partial charge in [0.1, 0.15) is 5.82 Å². The highest BCUT2D eigenvalue weighted by atomic mass is 79.9. The maximum Gasteiger partial charge on any atom is 0.313 e. The first kappa shape index (κ1) is 21.0. The molecular weight excluding hydrogens is 439 g/mol. The van der Waals surface area contributed by atoms with Crippen LogP contribution in [-0.2, 0) is 4.79 Å². The number of phenols is 1. The summed E-state index contributed by atoms with van der Waals surface area (Å²) in [5.74, 6) is -2.12. The number of carbonyl (C=O) groups excluding carboxylic acids is 1. The van der Waals surface area contributed by atoms with E-state index in [0.717, 1.165) is 17.8 Å². The molecule has 142 valence electrons. The van der Waals surface area contributed by atoms with E-state index >= 15 is 0 Å². The van der Waals surface area contributed by atoms with Crippen molar-refractivity contribution in [2.24, 2.45) is 0 Å². The number of rotatable bonds is 8. The minimum absolute atomic E-state index is 0.0307. The van der Waals surface area contributed by atoms with Crippen molar-refractivity contribution >= 4 is 45.5 Å². The monoisotopic (exact) mass is 454 g/mol. The lowest BCUT2D eigenvalue weighted by atomic mass is 10.1. The molecule has 0 aromatic heterocycles. The molecule has 0 fully saturated rings. The first-order valence-electron chi connectivity index (χ1n) is 7.83. The highest BCUT2D eigenvalue weighted by Crippen LogP contribution is 2.35. The summed E-state index contributed by atoms with van der Waals surface area (Å²) < 4.78 is 19.8. The first-order chi connectivity index (χ1) is 12.8. The molecule has 0 spiro atoms. The number of carbonyl (C=O) groups is 2. The lowest BCUT2D eigenvalue weighted by Crippen LogP contribution is -2.00. The second-order valence-corrected chi connectivity index (χ2v) is 7.18. The lowest BCUT2D eigenvalue weighted by molar-refractivity contribution is -0.133. The zero-order valence-electron chi connectivity index (χ0n) is 14.2. The van der Waals surface area contributed by atoms with Crippen molar-refractivity contribution in [3.05, 3.63) is 57.8 Å². The number of allylic oxidation sites excluding steroid dienone is 1. The van der Waals surface area contributed by atoms with Crippen molar-refractivity contribution in [3.63, 3.8) is 0 Å². The molecule has 0 atom stereocenters. The van der Waals surface area contributed by atoms with E-state index in [1.54, 1.807) is 19.1 Å². The summed E-state index contributed by atoms with van der Waals surface area (Å²) in [6, 6.07) is 7.11. The average molecular weight is 455 g/mol. The number of carboxylic acids is 1. The van der Waals surface area contributed by atoms with Crippen LogP contribution >= 0.6 is 27.7 Å². The minimum Gasteiger partial charge on any atom is -0.503 e. The maximum absolute atomic E-state index is 14.0. The lowest BCUT2D eigenvalue weighted by Gasteiger charge is -2.08. The quantitative estimate of drug-likeness (QED) is 0.339. The Bertz CT molecular complexity index is 898. The van der Waals surface area contributed by atoms with E-state index in [4.69, 9.17) is 9.84 Å². The van der Waals surface area contributed by atoms with Gasteiger partial charge >= 0.3 is 5.97 Å². The maximum atomic E-state index is 14.0. The molecular formula is C19H16BrFO5S. The zero-order chi connectivity index (χ0) is 20.0. The van der Waals surface area contributed by atoms with Crippen molar-refractivity contribution in [3.8, 4) is 11.5 Å². The summed E-state index contributed by atoms with van der Waals surface area (Å²) in [6.07, 6.45) is 2.81. The standard InChI is InChI=1S/C19H16BrFO5S/c1-2-26-16-8-11(7-13(20)19(16)25)3-5-15(22)12-4-6-17(14(21)9-12)27-10-18(23)24/h3-9,25H,2,10H2,1H3,(H,23,24)/b5-3+. The molecule has 0 bridgehead atoms. The van der Waals surface area contributed by atoms with Crippen molar-refractivity contribution in [2.75, 3.05) is 12.4 Å². The van der Waals surface area contributed by atoms with Crippen molar-refractivity contribution in [2.45, 2.75) is 11.8 Å². The smallest absolute Gasteiger partial charge is 0.313 e. The van der Waals surface area contributed by atoms with Gasteiger partial charge in [0, 0.05) is 10.5 Å². The molecule has 2 aromatic carbocycles. The van der Waals surface area contributed by atoms with Gasteiger partial charge in [-0.05, 0) is 64.8 Å². The molecule has 27 heavy (non-hydrogen) atoms. The Kier molecular flexibility index (Phi) is 7.44. The third-order valence-electron chi connectivity index (χ3n) is 3.35. The normalized spacial score (nSPS) is 10.9. The Balaban J connectivity index is 2.17. The van der Waals surface area contributed by atoms with E-state index in [1.165, 1.54) is 24.3 Å². The highest BCUT2D eigenvalue weighted by Gasteiger charge is 2.11. The molecule has 2 rings (SSSR count). The van der Waals surface area contributed by atoms with Crippen molar-refractivity contribution in [1.82, 2.24) is 0 Å². The summed E-state index contributed by atoms with van der Waals surface area (Å²) in [7, 11) is 0. The molecule has 2 aromatic rings. The number of thioether (sulfide) groups is 1. The van der Waals surface area contributed by atoms with Gasteiger partial charge in [0.25, 0.3) is 0 Å². The fourth-order valence-electron chi connectivity index (χ4n) is 2.13. The molecule has 5 nitrogen and oxygen atoms in total. The van der Waals surface area contributed by atoms with Crippen molar-refractivity contribution in [1.29, 1.82) is 0 Å². The molecule has 0 saturated carbocycles. The fourth-order valence-corrected chi connectivity index (χ4v) is 3.23. The summed E-state index contributed by atoms with van der Waals surface area (Å²) in [5.41, 5.74) is 0.761. The Morgan fingerprint density at radius 1 is 1.30 bits per heavy atom. The number of carboxylic acid groups (broad SMARTS) is 1. The molecule has 0 unspecified atom stereocenters. The van der Waals surface area contributed by atoms with Gasteiger partial charge in [-0.25, -0.2) is 4.39 Å². The van der Waals surface area contributed by atoms with Crippen LogP contribution in [0.25, 0.3) is 6.08 Å². The van der Waals surface area contributed by atoms with Gasteiger partial charge in [-0.1, -0.05) is 6.08 Å². The van der Waals surface area contributed by atoms with Crippen LogP contribution in [0.15, 0.2) is 45.8 Å². The molecule has 0 aliphatic heterocycles. The molecule has 0 aliphatic rings. The van der Waals surface area contributed by atoms with E-state index in [1.807, 2.05) is 0 Å². The zero-order valence-corrected chi connectivity index (χ0v) is 16.6. The molecule has 0 aliphatic carbocycles. The van der Waals surface area contributed by atoms with Crippen LogP contribution < -0.4 is 4.74 Å². The van der Waals surface area contributed by atoms with Crippen molar-refractivity contribution < 1.29 is 28.9 Å². The molecule has 0 radical (unpaired) electrons. The number of benzene rings is 2. The van der Waals surface area contributed by atoms with Gasteiger partial charge in [0.2, 0.25) is 0 Å². The number of ether oxygens (including phenoxy) is 1. The van der Waals surface area contributed by atoms with Crippen LogP contribution in [-0.4, -0.2) is 34.3 Å². The third kappa shape index (κ3) is 5.83. The van der Waals surface area contributed by atoms with Gasteiger partial charge in [-0.15, -0.1) is 11.8 Å². The summed E-state index contributed by atoms with van der Waals surface area (Å²) in [4.78, 5) is 23.0. The molecule has 0 saturated heterocycles. The Hall–Kier alpha value is -2.32. The predicted octanol–water partition coefficient (Wildman–Crippen LogP) is 4.77. The third-order valence-corrected chi connectivity index (χ3v) is 4.98. The summed E-state index contributed by atoms with van der Waals surface area (Å²) >= 11 is 4.07. The molecule has 2 N–H and O–H groups in total. The van der Waals surface area contributed by atoms with E-state index in [2.05, 4.69) is 15.9 Å². The first-order valence-corrected chi connectivity index (χ1v) is 9.61. The molecule has 0 amide bonds. The number of aromatic hydroxyl groups is 1. The van der Waals surface area contributed by atoms with Crippen LogP contribution in [0.1, 0.15) is 22.8 Å². The highest BCUT2D eigenvalue weighted by molar-refractivity contribution is 9.10. The molecule has 0 heterocycles. The summed E-state index contributed by atoms with van der Waals surface area (Å²) in [5, 5.41) is 18.5. The van der Waals surface area contributed by atoms with E-state index < -0.39 is 17.6 Å². The average Bonchev–Trinajstić information content (AvgIpc) is 2.62. The van der Waals surface area contributed by atoms with Gasteiger partial charge in [-0.2, -0.15) is 0 Å². The van der Waals surface area contributed by atoms with E-state index in [-0.39, 0.29) is 27.7 Å². The molecule has 8 heteroatoms. The minimum atomic E-state index is -1.05. The van der Waals surface area contributed by atoms with Crippen LogP contribution in [0.2, 0.25) is 0 Å². The van der Waals surface area contributed by atoms with E-state index in [9.17, 15) is 19.1 Å². The Morgan fingerprint density at radius 2 is 2.04 bits per heavy atom. The SMILES string of the molecule is CCOc1cc(/C=C/C(=O)c2ccc(SCC(=O)O)c(F)c2)cc(Br)c1O. The van der Waals surface area contributed by atoms with Crippen LogP contribution in [0, 0.1) is 5.82 Å². The topological polar surface area (TPSA) is 83.8 Å². The van der Waals surface area contributed by atoms with Crippen LogP contribution in [0.5, 0.6) is 11.5 Å². The number of phenolic OH excluding ortho intramolecular Hbond substituents is 1. The predicted molar refractivity (Wildman–Crippen MR) is 105 cm³/mol. The van der Waals surface area contributed by atoms with Gasteiger partial charge in [-0.3, -0.25) is 9.59 Å². The number of halogens is 2. The Labute approximate surface area is 168 Å². The number of hydrogen-bond donors (Lipinski definition) is 2. The number of aliphatic carboxylic acids is 1. The number of hydrogen-bond acceptors (Lipinski definition) is 5.